The molecule has 0 radical (unpaired) electrons. The fourth-order valence-electron chi connectivity index (χ4n) is 7.95. The Kier molecular flexibility index (Phi) is 7.51. The van der Waals surface area contributed by atoms with Crippen LogP contribution in [0.25, 0.3) is 83.6 Å². The summed E-state index contributed by atoms with van der Waals surface area (Å²) in [4.78, 5) is 0. The fourth-order valence-corrected chi connectivity index (χ4v) is 7.95. The maximum atomic E-state index is 6.55. The van der Waals surface area contributed by atoms with E-state index in [0.717, 1.165) is 51.7 Å². The monoisotopic (exact) mass is 655 g/mol. The lowest BCUT2D eigenvalue weighted by atomic mass is 9.80. The van der Waals surface area contributed by atoms with E-state index in [9.17, 15) is 0 Å². The third-order valence-electron chi connectivity index (χ3n) is 10.5. The van der Waals surface area contributed by atoms with Gasteiger partial charge in [0.2, 0.25) is 0 Å². The molecule has 0 amide bonds. The summed E-state index contributed by atoms with van der Waals surface area (Å²) in [6.45, 7) is 10.1. The number of benzene rings is 6. The zero-order chi connectivity index (χ0) is 34.5. The van der Waals surface area contributed by atoms with Gasteiger partial charge in [-0.15, -0.1) is 0 Å². The minimum atomic E-state index is 0.920. The number of para-hydroxylation sites is 2. The molecule has 6 aromatic carbocycles. The van der Waals surface area contributed by atoms with Gasteiger partial charge in [0.15, 0.2) is 0 Å². The van der Waals surface area contributed by atoms with Crippen molar-refractivity contribution in [3.8, 4) is 39.1 Å². The van der Waals surface area contributed by atoms with Crippen molar-refractivity contribution in [3.05, 3.63) is 187 Å². The van der Waals surface area contributed by atoms with Crippen molar-refractivity contribution < 1.29 is 4.42 Å². The number of aryl methyl sites for hydroxylation is 2. The Morgan fingerprint density at radius 2 is 1.35 bits per heavy atom. The van der Waals surface area contributed by atoms with E-state index in [1.807, 2.05) is 24.3 Å². The normalized spacial score (nSPS) is 12.8. The maximum Gasteiger partial charge on any atom is 0.143 e. The van der Waals surface area contributed by atoms with E-state index in [0.29, 0.717) is 0 Å². The number of fused-ring (bicyclic) bond motifs is 8. The Hall–Kier alpha value is -6.38. The quantitative estimate of drug-likeness (QED) is 0.156. The summed E-state index contributed by atoms with van der Waals surface area (Å²) in [7, 11) is 0. The highest BCUT2D eigenvalue weighted by Gasteiger charge is 2.25. The molecule has 2 nitrogen and oxygen atoms in total. The number of hydrogen-bond acceptors (Lipinski definition) is 1. The molecule has 51 heavy (non-hydrogen) atoms. The molecular formula is C49H37NO. The molecule has 0 saturated carbocycles. The lowest BCUT2D eigenvalue weighted by Gasteiger charge is -2.24. The van der Waals surface area contributed by atoms with Gasteiger partial charge in [-0.3, -0.25) is 0 Å². The Morgan fingerprint density at radius 1 is 0.647 bits per heavy atom. The molecule has 1 aliphatic rings. The highest BCUT2D eigenvalue weighted by Crippen LogP contribution is 2.47. The average Bonchev–Trinajstić information content (AvgIpc) is 3.76. The van der Waals surface area contributed by atoms with Crippen molar-refractivity contribution >= 4 is 44.5 Å². The number of furan rings is 1. The van der Waals surface area contributed by atoms with Crippen LogP contribution in [0.4, 0.5) is 0 Å². The maximum absolute atomic E-state index is 6.55. The van der Waals surface area contributed by atoms with Crippen molar-refractivity contribution in [2.24, 2.45) is 0 Å². The van der Waals surface area contributed by atoms with Crippen LogP contribution in [0.5, 0.6) is 0 Å². The van der Waals surface area contributed by atoms with E-state index in [1.54, 1.807) is 6.08 Å². The number of nitrogens with zero attached hydrogens (tertiary/aromatic N) is 1. The molecule has 0 bridgehead atoms. The summed E-state index contributed by atoms with van der Waals surface area (Å²) in [6, 6.07) is 46.3. The Bertz CT molecular complexity index is 2710. The summed E-state index contributed by atoms with van der Waals surface area (Å²) >= 11 is 0. The van der Waals surface area contributed by atoms with Crippen molar-refractivity contribution in [2.75, 3.05) is 0 Å². The molecule has 244 valence electrons. The molecule has 8 aromatic rings. The predicted octanol–water partition coefficient (Wildman–Crippen LogP) is 13.4. The van der Waals surface area contributed by atoms with E-state index in [1.165, 1.54) is 61.0 Å². The van der Waals surface area contributed by atoms with Crippen LogP contribution in [0.3, 0.4) is 0 Å². The van der Waals surface area contributed by atoms with E-state index in [4.69, 9.17) is 4.42 Å². The summed E-state index contributed by atoms with van der Waals surface area (Å²) in [6.07, 6.45) is 11.9. The first kappa shape index (κ1) is 30.7. The molecule has 9 rings (SSSR count). The third-order valence-corrected chi connectivity index (χ3v) is 10.5. The van der Waals surface area contributed by atoms with Gasteiger partial charge in [-0.25, -0.2) is 0 Å². The van der Waals surface area contributed by atoms with Gasteiger partial charge in [-0.05, 0) is 106 Å². The highest BCUT2D eigenvalue weighted by molar-refractivity contribution is 6.12. The zero-order valence-electron chi connectivity index (χ0n) is 28.7. The van der Waals surface area contributed by atoms with Crippen LogP contribution in [0, 0.1) is 0 Å². The smallest absolute Gasteiger partial charge is 0.143 e. The first-order chi connectivity index (χ1) is 25.1. The molecular weight excluding hydrogens is 619 g/mol. The number of aromatic nitrogens is 1. The SMILES string of the molecule is C=C/C=C\C=C(/C)c1ccc(-c2ccc(-n3c(C=C)cc4c5c(ccc43)CCc3cccc(-c4cccc6c4oc4ccccc46)c3-5)cc2)cc1. The predicted molar refractivity (Wildman–Crippen MR) is 217 cm³/mol. The molecule has 0 aliphatic heterocycles. The fraction of sp³-hybridized carbons (Fsp3) is 0.0612. The van der Waals surface area contributed by atoms with Gasteiger partial charge in [-0.2, -0.15) is 0 Å². The first-order valence-corrected chi connectivity index (χ1v) is 17.6. The van der Waals surface area contributed by atoms with Crippen LogP contribution in [-0.2, 0) is 12.8 Å². The van der Waals surface area contributed by atoms with Crippen molar-refractivity contribution in [2.45, 2.75) is 19.8 Å². The summed E-state index contributed by atoms with van der Waals surface area (Å²) < 4.78 is 8.90. The molecule has 2 heteroatoms. The highest BCUT2D eigenvalue weighted by atomic mass is 16.3. The van der Waals surface area contributed by atoms with Crippen LogP contribution < -0.4 is 0 Å². The van der Waals surface area contributed by atoms with Crippen LogP contribution in [0.15, 0.2) is 169 Å². The molecule has 0 spiro atoms. The van der Waals surface area contributed by atoms with Gasteiger partial charge in [0.25, 0.3) is 0 Å². The van der Waals surface area contributed by atoms with Crippen molar-refractivity contribution in [1.82, 2.24) is 4.57 Å². The van der Waals surface area contributed by atoms with Gasteiger partial charge in [0, 0.05) is 33.1 Å². The molecule has 2 heterocycles. The Balaban J connectivity index is 1.15. The number of rotatable bonds is 7. The Labute approximate surface area is 298 Å². The summed E-state index contributed by atoms with van der Waals surface area (Å²) in [5.41, 5.74) is 17.8. The average molecular weight is 656 g/mol. The molecule has 0 atom stereocenters. The zero-order valence-corrected chi connectivity index (χ0v) is 28.7. The molecule has 0 saturated heterocycles. The van der Waals surface area contributed by atoms with Gasteiger partial charge in [-0.1, -0.05) is 135 Å². The van der Waals surface area contributed by atoms with E-state index >= 15 is 0 Å². The molecule has 2 aromatic heterocycles. The third kappa shape index (κ3) is 5.11. The van der Waals surface area contributed by atoms with Gasteiger partial charge < -0.3 is 8.98 Å². The van der Waals surface area contributed by atoms with Gasteiger partial charge in [0.1, 0.15) is 11.2 Å². The molecule has 0 N–H and O–H groups in total. The molecule has 0 unspecified atom stereocenters. The second kappa shape index (κ2) is 12.5. The van der Waals surface area contributed by atoms with Crippen LogP contribution in [0.1, 0.15) is 29.3 Å². The number of hydrogen-bond donors (Lipinski definition) is 0. The van der Waals surface area contributed by atoms with E-state index in [2.05, 4.69) is 152 Å². The summed E-state index contributed by atoms with van der Waals surface area (Å²) in [5.74, 6) is 0. The molecule has 0 fully saturated rings. The van der Waals surface area contributed by atoms with Gasteiger partial charge >= 0.3 is 0 Å². The standard InChI is InChI=1S/C49H37NO/c1-4-6-7-12-32(3)33-19-21-34(22-20-33)35-25-28-39(29-26-35)50-38(5-2)31-44-45(50)30-27-37-24-23-36-13-10-15-41(47(36)48(37)44)43-17-11-16-42-40-14-8-9-18-46(40)51-49(42)43/h4-22,25-31H,1-2,23-24H2,3H3/b7-6-,32-12+. The first-order valence-electron chi connectivity index (χ1n) is 17.6. The second-order valence-electron chi connectivity index (χ2n) is 13.4. The van der Waals surface area contributed by atoms with Crippen LogP contribution >= 0.6 is 0 Å². The largest absolute Gasteiger partial charge is 0.455 e. The van der Waals surface area contributed by atoms with Crippen molar-refractivity contribution in [1.29, 1.82) is 0 Å². The van der Waals surface area contributed by atoms with Crippen LogP contribution in [0.2, 0.25) is 0 Å². The second-order valence-corrected chi connectivity index (χ2v) is 13.4. The Morgan fingerprint density at radius 3 is 2.14 bits per heavy atom. The number of allylic oxidation sites excluding steroid dienone is 5. The van der Waals surface area contributed by atoms with Crippen molar-refractivity contribution in [3.63, 3.8) is 0 Å². The summed E-state index contributed by atoms with van der Waals surface area (Å²) in [5, 5.41) is 3.55. The van der Waals surface area contributed by atoms with Crippen LogP contribution in [-0.4, -0.2) is 4.57 Å². The molecule has 1 aliphatic carbocycles. The van der Waals surface area contributed by atoms with Gasteiger partial charge in [0.05, 0.1) is 5.52 Å². The van der Waals surface area contributed by atoms with E-state index in [-0.39, 0.29) is 0 Å². The topological polar surface area (TPSA) is 18.1 Å². The van der Waals surface area contributed by atoms with E-state index < -0.39 is 0 Å². The lowest BCUT2D eigenvalue weighted by molar-refractivity contribution is 0.670. The minimum Gasteiger partial charge on any atom is -0.455 e. The lowest BCUT2D eigenvalue weighted by Crippen LogP contribution is -2.06. The minimum absolute atomic E-state index is 0.920.